The number of aliphatic hydroxyl groups is 1. The Balaban J connectivity index is 2.05. The van der Waals surface area contributed by atoms with E-state index in [9.17, 15) is 19.1 Å². The van der Waals surface area contributed by atoms with Crippen molar-refractivity contribution >= 4 is 23.2 Å². The highest BCUT2D eigenvalue weighted by molar-refractivity contribution is 6.00. The SMILES string of the molecule is C=CC(=O)Nc1cc(NC(=O)[C@@H](O)C2CCCC2)ccc1F. The summed E-state index contributed by atoms with van der Waals surface area (Å²) in [6.45, 7) is 3.29. The monoisotopic (exact) mass is 306 g/mol. The fraction of sp³-hybridized carbons (Fsp3) is 0.375. The third-order valence-electron chi connectivity index (χ3n) is 3.79. The predicted octanol–water partition coefficient (Wildman–Crippen LogP) is 2.44. The summed E-state index contributed by atoms with van der Waals surface area (Å²) >= 11 is 0. The summed E-state index contributed by atoms with van der Waals surface area (Å²) in [5.41, 5.74) is 0.251. The van der Waals surface area contributed by atoms with Crippen LogP contribution in [0.2, 0.25) is 0 Å². The first-order valence-corrected chi connectivity index (χ1v) is 7.23. The number of hydrogen-bond acceptors (Lipinski definition) is 3. The number of benzene rings is 1. The molecule has 0 spiro atoms. The Morgan fingerprint density at radius 3 is 2.64 bits per heavy atom. The first-order chi connectivity index (χ1) is 10.5. The maximum atomic E-state index is 13.6. The maximum Gasteiger partial charge on any atom is 0.253 e. The standard InChI is InChI=1S/C16H19FN2O3/c1-2-14(20)19-13-9-11(7-8-12(13)17)18-16(22)15(21)10-5-3-4-6-10/h2,7-10,15,21H,1,3-6H2,(H,18,22)(H,19,20)/t15-/m0/s1. The molecule has 2 amide bonds. The second-order valence-corrected chi connectivity index (χ2v) is 5.37. The highest BCUT2D eigenvalue weighted by Gasteiger charge is 2.28. The van der Waals surface area contributed by atoms with E-state index >= 15 is 0 Å². The summed E-state index contributed by atoms with van der Waals surface area (Å²) < 4.78 is 13.6. The molecule has 0 saturated heterocycles. The average Bonchev–Trinajstić information content (AvgIpc) is 3.03. The van der Waals surface area contributed by atoms with Gasteiger partial charge in [-0.15, -0.1) is 0 Å². The average molecular weight is 306 g/mol. The number of rotatable bonds is 5. The molecule has 6 heteroatoms. The van der Waals surface area contributed by atoms with Crippen molar-refractivity contribution in [1.29, 1.82) is 0 Å². The highest BCUT2D eigenvalue weighted by Crippen LogP contribution is 2.28. The summed E-state index contributed by atoms with van der Waals surface area (Å²) in [5, 5.41) is 14.9. The lowest BCUT2D eigenvalue weighted by atomic mass is 10.0. The van der Waals surface area contributed by atoms with E-state index in [2.05, 4.69) is 17.2 Å². The molecule has 1 fully saturated rings. The van der Waals surface area contributed by atoms with Crippen LogP contribution in [0.25, 0.3) is 0 Å². The topological polar surface area (TPSA) is 78.4 Å². The number of halogens is 1. The van der Waals surface area contributed by atoms with Gasteiger partial charge in [0, 0.05) is 5.69 Å². The van der Waals surface area contributed by atoms with E-state index in [0.29, 0.717) is 5.69 Å². The van der Waals surface area contributed by atoms with Gasteiger partial charge in [0.25, 0.3) is 5.91 Å². The zero-order valence-corrected chi connectivity index (χ0v) is 12.1. The van der Waals surface area contributed by atoms with Crippen molar-refractivity contribution in [1.82, 2.24) is 0 Å². The summed E-state index contributed by atoms with van der Waals surface area (Å²) in [7, 11) is 0. The van der Waals surface area contributed by atoms with Gasteiger partial charge in [0.05, 0.1) is 5.69 Å². The van der Waals surface area contributed by atoms with Gasteiger partial charge in [0.15, 0.2) is 0 Å². The van der Waals surface area contributed by atoms with Gasteiger partial charge < -0.3 is 15.7 Å². The van der Waals surface area contributed by atoms with Crippen molar-refractivity contribution < 1.29 is 19.1 Å². The lowest BCUT2D eigenvalue weighted by Gasteiger charge is -2.17. The summed E-state index contributed by atoms with van der Waals surface area (Å²) in [5.74, 6) is -1.71. The molecule has 0 radical (unpaired) electrons. The fourth-order valence-corrected chi connectivity index (χ4v) is 2.59. The number of carbonyl (C=O) groups is 2. The van der Waals surface area contributed by atoms with Crippen molar-refractivity contribution in [3.8, 4) is 0 Å². The number of amides is 2. The molecule has 22 heavy (non-hydrogen) atoms. The quantitative estimate of drug-likeness (QED) is 0.731. The van der Waals surface area contributed by atoms with E-state index in [-0.39, 0.29) is 11.6 Å². The third kappa shape index (κ3) is 3.92. The number of anilines is 2. The second-order valence-electron chi connectivity index (χ2n) is 5.37. The van der Waals surface area contributed by atoms with Crippen LogP contribution in [0.15, 0.2) is 30.9 Å². The Hall–Kier alpha value is -2.21. The van der Waals surface area contributed by atoms with Crippen molar-refractivity contribution in [2.45, 2.75) is 31.8 Å². The van der Waals surface area contributed by atoms with Crippen LogP contribution in [-0.4, -0.2) is 23.0 Å². The molecule has 1 atom stereocenters. The van der Waals surface area contributed by atoms with Gasteiger partial charge in [0.1, 0.15) is 11.9 Å². The third-order valence-corrected chi connectivity index (χ3v) is 3.79. The molecule has 118 valence electrons. The van der Waals surface area contributed by atoms with Crippen LogP contribution < -0.4 is 10.6 Å². The van der Waals surface area contributed by atoms with Crippen molar-refractivity contribution in [3.05, 3.63) is 36.7 Å². The van der Waals surface area contributed by atoms with E-state index in [1.807, 2.05) is 0 Å². The molecule has 5 nitrogen and oxygen atoms in total. The van der Waals surface area contributed by atoms with Crippen LogP contribution in [0, 0.1) is 11.7 Å². The molecule has 1 aromatic rings. The van der Waals surface area contributed by atoms with Gasteiger partial charge in [-0.25, -0.2) is 4.39 Å². The first-order valence-electron chi connectivity index (χ1n) is 7.23. The van der Waals surface area contributed by atoms with Crippen molar-refractivity contribution in [3.63, 3.8) is 0 Å². The van der Waals surface area contributed by atoms with E-state index in [1.54, 1.807) is 0 Å². The summed E-state index contributed by atoms with van der Waals surface area (Å²) in [6, 6.07) is 3.81. The Bertz CT molecular complexity index is 583. The maximum absolute atomic E-state index is 13.6. The normalized spacial score (nSPS) is 16.1. The number of aliphatic hydroxyl groups excluding tert-OH is 1. The van der Waals surface area contributed by atoms with Crippen molar-refractivity contribution in [2.24, 2.45) is 5.92 Å². The Morgan fingerprint density at radius 1 is 1.32 bits per heavy atom. The smallest absolute Gasteiger partial charge is 0.253 e. The number of nitrogens with one attached hydrogen (secondary N) is 2. The fourth-order valence-electron chi connectivity index (χ4n) is 2.59. The van der Waals surface area contributed by atoms with Crippen LogP contribution in [-0.2, 0) is 9.59 Å². The lowest BCUT2D eigenvalue weighted by molar-refractivity contribution is -0.126. The van der Waals surface area contributed by atoms with E-state index in [1.165, 1.54) is 12.1 Å². The van der Waals surface area contributed by atoms with Crippen LogP contribution in [0.5, 0.6) is 0 Å². The summed E-state index contributed by atoms with van der Waals surface area (Å²) in [6.07, 6.45) is 3.65. The Morgan fingerprint density at radius 2 is 2.00 bits per heavy atom. The second kappa shape index (κ2) is 7.17. The molecule has 1 aromatic carbocycles. The first kappa shape index (κ1) is 16.2. The van der Waals surface area contributed by atoms with E-state index in [4.69, 9.17) is 0 Å². The van der Waals surface area contributed by atoms with Gasteiger partial charge in [-0.2, -0.15) is 0 Å². The Labute approximate surface area is 128 Å². The molecule has 0 heterocycles. The molecule has 1 aliphatic carbocycles. The minimum absolute atomic E-state index is 0.0274. The van der Waals surface area contributed by atoms with E-state index in [0.717, 1.165) is 37.8 Å². The minimum atomic E-state index is -1.07. The molecule has 0 bridgehead atoms. The highest BCUT2D eigenvalue weighted by atomic mass is 19.1. The number of hydrogen-bond donors (Lipinski definition) is 3. The molecule has 1 saturated carbocycles. The Kier molecular flexibility index (Phi) is 5.27. The predicted molar refractivity (Wildman–Crippen MR) is 81.8 cm³/mol. The number of carbonyl (C=O) groups excluding carboxylic acids is 2. The van der Waals surface area contributed by atoms with Gasteiger partial charge in [-0.05, 0) is 43.0 Å². The van der Waals surface area contributed by atoms with Crippen molar-refractivity contribution in [2.75, 3.05) is 10.6 Å². The van der Waals surface area contributed by atoms with Gasteiger partial charge in [-0.3, -0.25) is 9.59 Å². The zero-order valence-electron chi connectivity index (χ0n) is 12.1. The molecule has 0 aromatic heterocycles. The molecule has 1 aliphatic rings. The molecule has 3 N–H and O–H groups in total. The van der Waals surface area contributed by atoms with Crippen LogP contribution in [0.3, 0.4) is 0 Å². The molecule has 0 unspecified atom stereocenters. The van der Waals surface area contributed by atoms with E-state index < -0.39 is 23.7 Å². The van der Waals surface area contributed by atoms with Crippen LogP contribution in [0.1, 0.15) is 25.7 Å². The zero-order chi connectivity index (χ0) is 16.1. The van der Waals surface area contributed by atoms with Crippen LogP contribution >= 0.6 is 0 Å². The molecular formula is C16H19FN2O3. The minimum Gasteiger partial charge on any atom is -0.383 e. The van der Waals surface area contributed by atoms with Gasteiger partial charge in [0.2, 0.25) is 5.91 Å². The van der Waals surface area contributed by atoms with Gasteiger partial charge >= 0.3 is 0 Å². The molecule has 0 aliphatic heterocycles. The molecule has 2 rings (SSSR count). The molecular weight excluding hydrogens is 287 g/mol. The van der Waals surface area contributed by atoms with Gasteiger partial charge in [-0.1, -0.05) is 19.4 Å². The van der Waals surface area contributed by atoms with Crippen LogP contribution in [0.4, 0.5) is 15.8 Å². The lowest BCUT2D eigenvalue weighted by Crippen LogP contribution is -2.33. The summed E-state index contributed by atoms with van der Waals surface area (Å²) in [4.78, 5) is 23.2. The largest absolute Gasteiger partial charge is 0.383 e.